The van der Waals surface area contributed by atoms with Crippen molar-refractivity contribution in [2.75, 3.05) is 19.5 Å². The maximum absolute atomic E-state index is 5.69. The topological polar surface area (TPSA) is 118 Å². The van der Waals surface area contributed by atoms with Crippen LogP contribution in [0.3, 0.4) is 0 Å². The average molecular weight is 432 g/mol. The molecule has 9 nitrogen and oxygen atoms in total. The van der Waals surface area contributed by atoms with Crippen molar-refractivity contribution in [2.45, 2.75) is 31.7 Å². The summed E-state index contributed by atoms with van der Waals surface area (Å²) in [6, 6.07) is 7.79. The van der Waals surface area contributed by atoms with E-state index in [0.717, 1.165) is 35.2 Å². The molecule has 5 rings (SSSR count). The molecule has 4 heterocycles. The molecule has 1 aliphatic rings. The zero-order valence-corrected chi connectivity index (χ0v) is 18.1. The van der Waals surface area contributed by atoms with Crippen LogP contribution in [0.4, 0.5) is 5.82 Å². The molecule has 0 aromatic carbocycles. The molecule has 1 saturated carbocycles. The first-order valence-corrected chi connectivity index (χ1v) is 10.6. The highest BCUT2D eigenvalue weighted by Crippen LogP contribution is 2.50. The minimum atomic E-state index is -0.376. The number of hydrogen-bond acceptors (Lipinski definition) is 8. The number of ether oxygens (including phenoxy) is 1. The first-order chi connectivity index (χ1) is 15.6. The molecule has 0 bridgehead atoms. The monoisotopic (exact) mass is 431 g/mol. The van der Waals surface area contributed by atoms with E-state index in [1.165, 1.54) is 0 Å². The van der Waals surface area contributed by atoms with Crippen molar-refractivity contribution in [3.63, 3.8) is 0 Å². The third-order valence-electron chi connectivity index (χ3n) is 6.13. The van der Waals surface area contributed by atoms with E-state index in [-0.39, 0.29) is 5.41 Å². The molecule has 1 fully saturated rings. The van der Waals surface area contributed by atoms with Gasteiger partial charge in [-0.2, -0.15) is 10.1 Å². The van der Waals surface area contributed by atoms with E-state index in [4.69, 9.17) is 20.0 Å². The lowest BCUT2D eigenvalue weighted by atomic mass is 9.77. The zero-order valence-electron chi connectivity index (χ0n) is 18.1. The molecule has 9 heteroatoms. The molecular weight excluding hydrogens is 406 g/mol. The Morgan fingerprint density at radius 3 is 2.69 bits per heavy atom. The number of nitrogens with two attached hydrogens (primary N) is 1. The van der Waals surface area contributed by atoms with Gasteiger partial charge in [-0.1, -0.05) is 11.2 Å². The maximum Gasteiger partial charge on any atom is 0.261 e. The van der Waals surface area contributed by atoms with Crippen LogP contribution in [0.5, 0.6) is 0 Å². The lowest BCUT2D eigenvalue weighted by molar-refractivity contribution is 0.183. The van der Waals surface area contributed by atoms with Crippen LogP contribution in [-0.4, -0.2) is 43.6 Å². The molecule has 0 radical (unpaired) electrons. The van der Waals surface area contributed by atoms with Gasteiger partial charge >= 0.3 is 0 Å². The number of aromatic nitrogens is 6. The second-order valence-corrected chi connectivity index (χ2v) is 8.29. The van der Waals surface area contributed by atoms with Gasteiger partial charge < -0.3 is 15.0 Å². The molecular formula is C23H25N7O2. The third kappa shape index (κ3) is 3.75. The summed E-state index contributed by atoms with van der Waals surface area (Å²) in [6.45, 7) is 3.42. The summed E-state index contributed by atoms with van der Waals surface area (Å²) in [4.78, 5) is 13.6. The average Bonchev–Trinajstić information content (AvgIpc) is 3.37. The standard InChI is InChI=1S/C23H25N7O2/c1-23(17-4-5-17,18-6-7-19(25-13-18)15-3-8-20(24)26-11-15)22-28-21(32-29-22)16-12-27-30(14-16)9-10-31-2/h3,6-8,11-14,17H,4-5,9-10H2,1-2H3,(H2,24,26)/t23-/m0/s1. The zero-order chi connectivity index (χ0) is 22.1. The number of hydrogen-bond donors (Lipinski definition) is 1. The lowest BCUT2D eigenvalue weighted by Crippen LogP contribution is -2.28. The SMILES string of the molecule is COCCn1cc(-c2nc([C@](C)(c3ccc(-c4ccc(N)nc4)nc3)C3CC3)no2)cn1. The molecule has 1 atom stereocenters. The molecule has 0 unspecified atom stereocenters. The van der Waals surface area contributed by atoms with Crippen LogP contribution in [0.15, 0.2) is 53.6 Å². The van der Waals surface area contributed by atoms with Crippen molar-refractivity contribution in [1.82, 2.24) is 29.9 Å². The maximum atomic E-state index is 5.69. The number of rotatable bonds is 8. The first kappa shape index (κ1) is 20.3. The van der Waals surface area contributed by atoms with E-state index in [0.29, 0.717) is 36.6 Å². The Labute approximate surface area is 185 Å². The predicted octanol–water partition coefficient (Wildman–Crippen LogP) is 3.33. The van der Waals surface area contributed by atoms with Crippen LogP contribution >= 0.6 is 0 Å². The van der Waals surface area contributed by atoms with Gasteiger partial charge in [0.15, 0.2) is 5.82 Å². The summed E-state index contributed by atoms with van der Waals surface area (Å²) in [6.07, 6.45) is 9.51. The van der Waals surface area contributed by atoms with Crippen LogP contribution in [0.1, 0.15) is 31.2 Å². The molecule has 32 heavy (non-hydrogen) atoms. The summed E-state index contributed by atoms with van der Waals surface area (Å²) in [5, 5.41) is 8.70. The van der Waals surface area contributed by atoms with E-state index in [1.54, 1.807) is 30.3 Å². The van der Waals surface area contributed by atoms with Gasteiger partial charge in [0.05, 0.1) is 36.0 Å². The van der Waals surface area contributed by atoms with E-state index < -0.39 is 0 Å². The van der Waals surface area contributed by atoms with Gasteiger partial charge in [-0.25, -0.2) is 4.98 Å². The number of anilines is 1. The Balaban J connectivity index is 1.43. The predicted molar refractivity (Wildman–Crippen MR) is 118 cm³/mol. The summed E-state index contributed by atoms with van der Waals surface area (Å²) in [5.41, 5.74) is 8.94. The van der Waals surface area contributed by atoms with Gasteiger partial charge in [-0.3, -0.25) is 9.67 Å². The first-order valence-electron chi connectivity index (χ1n) is 10.6. The van der Waals surface area contributed by atoms with Crippen molar-refractivity contribution in [3.8, 4) is 22.7 Å². The second-order valence-electron chi connectivity index (χ2n) is 8.29. The number of methoxy groups -OCH3 is 1. The summed E-state index contributed by atoms with van der Waals surface area (Å²) >= 11 is 0. The van der Waals surface area contributed by atoms with Crippen LogP contribution in [0.25, 0.3) is 22.7 Å². The van der Waals surface area contributed by atoms with Gasteiger partial charge in [-0.15, -0.1) is 0 Å². The van der Waals surface area contributed by atoms with Crippen molar-refractivity contribution in [1.29, 1.82) is 0 Å². The highest BCUT2D eigenvalue weighted by atomic mass is 16.5. The largest absolute Gasteiger partial charge is 0.384 e. The molecule has 4 aromatic heterocycles. The fourth-order valence-electron chi connectivity index (χ4n) is 3.97. The second kappa shape index (κ2) is 8.16. The van der Waals surface area contributed by atoms with Gasteiger partial charge in [0.1, 0.15) is 5.82 Å². The summed E-state index contributed by atoms with van der Waals surface area (Å²) < 4.78 is 12.5. The van der Waals surface area contributed by atoms with Crippen LogP contribution in [0.2, 0.25) is 0 Å². The smallest absolute Gasteiger partial charge is 0.261 e. The van der Waals surface area contributed by atoms with Crippen LogP contribution in [-0.2, 0) is 16.7 Å². The molecule has 164 valence electrons. The lowest BCUT2D eigenvalue weighted by Gasteiger charge is -2.26. The Morgan fingerprint density at radius 2 is 2.00 bits per heavy atom. The van der Waals surface area contributed by atoms with E-state index in [9.17, 15) is 0 Å². The third-order valence-corrected chi connectivity index (χ3v) is 6.13. The fourth-order valence-corrected chi connectivity index (χ4v) is 3.97. The quantitative estimate of drug-likeness (QED) is 0.451. The van der Waals surface area contributed by atoms with Gasteiger partial charge in [0, 0.05) is 31.3 Å². The van der Waals surface area contributed by atoms with Crippen LogP contribution < -0.4 is 5.73 Å². The van der Waals surface area contributed by atoms with E-state index in [1.807, 2.05) is 24.5 Å². The minimum absolute atomic E-state index is 0.376. The van der Waals surface area contributed by atoms with Gasteiger partial charge in [0.2, 0.25) is 0 Å². The van der Waals surface area contributed by atoms with Crippen molar-refractivity contribution in [2.24, 2.45) is 5.92 Å². The van der Waals surface area contributed by atoms with E-state index >= 15 is 0 Å². The van der Waals surface area contributed by atoms with Crippen molar-refractivity contribution < 1.29 is 9.26 Å². The molecule has 0 aliphatic heterocycles. The molecule has 0 spiro atoms. The Morgan fingerprint density at radius 1 is 1.12 bits per heavy atom. The number of nitrogen functional groups attached to an aromatic ring is 1. The molecule has 1 aliphatic carbocycles. The highest BCUT2D eigenvalue weighted by molar-refractivity contribution is 5.59. The number of nitrogens with zero attached hydrogens (tertiary/aromatic N) is 6. The number of pyridine rings is 2. The van der Waals surface area contributed by atoms with Crippen LogP contribution in [0, 0.1) is 5.92 Å². The summed E-state index contributed by atoms with van der Waals surface area (Å²) in [5.74, 6) is 2.07. The minimum Gasteiger partial charge on any atom is -0.384 e. The summed E-state index contributed by atoms with van der Waals surface area (Å²) in [7, 11) is 1.67. The Kier molecular flexibility index (Phi) is 5.18. The molecule has 2 N–H and O–H groups in total. The molecule has 4 aromatic rings. The normalized spacial score (nSPS) is 15.6. The van der Waals surface area contributed by atoms with Crippen molar-refractivity contribution in [3.05, 3.63) is 60.4 Å². The van der Waals surface area contributed by atoms with Gasteiger partial charge in [-0.05, 0) is 49.4 Å². The fraction of sp³-hybridized carbons (Fsp3) is 0.348. The van der Waals surface area contributed by atoms with Crippen molar-refractivity contribution >= 4 is 5.82 Å². The molecule has 0 amide bonds. The Hall–Kier alpha value is -3.59. The molecule has 0 saturated heterocycles. The van der Waals surface area contributed by atoms with E-state index in [2.05, 4.69) is 33.2 Å². The van der Waals surface area contributed by atoms with Gasteiger partial charge in [0.25, 0.3) is 5.89 Å². The Bertz CT molecular complexity index is 1200. The highest BCUT2D eigenvalue weighted by Gasteiger charge is 2.47.